The van der Waals surface area contributed by atoms with Gasteiger partial charge in [0.15, 0.2) is 0 Å². The molecule has 1 aromatic carbocycles. The molecule has 0 saturated heterocycles. The van der Waals surface area contributed by atoms with E-state index in [1.165, 1.54) is 0 Å². The lowest BCUT2D eigenvalue weighted by atomic mass is 9.87. The molecule has 0 saturated carbocycles. The number of hydrogen-bond acceptors (Lipinski definition) is 3. The predicted molar refractivity (Wildman–Crippen MR) is 80.2 cm³/mol. The number of aliphatic hydroxyl groups is 1. The van der Waals surface area contributed by atoms with Crippen molar-refractivity contribution in [3.63, 3.8) is 0 Å². The van der Waals surface area contributed by atoms with Crippen LogP contribution in [0.1, 0.15) is 34.1 Å². The van der Waals surface area contributed by atoms with Gasteiger partial charge in [-0.25, -0.2) is 0 Å². The van der Waals surface area contributed by atoms with Gasteiger partial charge in [0.25, 0.3) is 0 Å². The minimum absolute atomic E-state index is 0.861. The summed E-state index contributed by atoms with van der Waals surface area (Å²) < 4.78 is 5.33. The number of aryl methyl sites for hydroxylation is 3. The van der Waals surface area contributed by atoms with Crippen molar-refractivity contribution < 1.29 is 9.84 Å². The van der Waals surface area contributed by atoms with E-state index >= 15 is 0 Å². The minimum atomic E-state index is -0.959. The van der Waals surface area contributed by atoms with Gasteiger partial charge in [-0.1, -0.05) is 0 Å². The summed E-state index contributed by atoms with van der Waals surface area (Å²) in [4.78, 5) is 1.00. The largest absolute Gasteiger partial charge is 0.496 e. The highest BCUT2D eigenvalue weighted by Crippen LogP contribution is 2.38. The van der Waals surface area contributed by atoms with Crippen LogP contribution in [-0.2, 0) is 5.60 Å². The molecule has 1 unspecified atom stereocenters. The molecule has 0 spiro atoms. The molecule has 0 bridgehead atoms. The first kappa shape index (κ1) is 14.1. The van der Waals surface area contributed by atoms with Crippen LogP contribution >= 0.6 is 11.3 Å². The summed E-state index contributed by atoms with van der Waals surface area (Å²) in [5.41, 5.74) is 3.19. The fourth-order valence-corrected chi connectivity index (χ4v) is 3.53. The molecule has 1 atom stereocenters. The molecule has 0 aliphatic rings. The third kappa shape index (κ3) is 2.40. The molecule has 2 aromatic rings. The van der Waals surface area contributed by atoms with Crippen molar-refractivity contribution in [3.05, 3.63) is 50.7 Å². The zero-order valence-corrected chi connectivity index (χ0v) is 12.9. The molecule has 1 heterocycles. The smallest absolute Gasteiger partial charge is 0.122 e. The maximum absolute atomic E-state index is 11.0. The number of benzene rings is 1. The monoisotopic (exact) mass is 276 g/mol. The standard InChI is InChI=1S/C16H20O2S/c1-10-6-7-19-15(10)16(4,17)13-8-12(3)14(18-5)9-11(13)2/h6-9,17H,1-5H3. The van der Waals surface area contributed by atoms with Crippen LogP contribution in [0.5, 0.6) is 5.75 Å². The van der Waals surface area contributed by atoms with Gasteiger partial charge in [-0.2, -0.15) is 0 Å². The minimum Gasteiger partial charge on any atom is -0.496 e. The summed E-state index contributed by atoms with van der Waals surface area (Å²) >= 11 is 1.59. The van der Waals surface area contributed by atoms with E-state index in [4.69, 9.17) is 4.74 Å². The van der Waals surface area contributed by atoms with Crippen molar-refractivity contribution in [2.45, 2.75) is 33.3 Å². The molecule has 0 amide bonds. The van der Waals surface area contributed by atoms with Gasteiger partial charge in [-0.15, -0.1) is 11.3 Å². The van der Waals surface area contributed by atoms with Gasteiger partial charge in [-0.3, -0.25) is 0 Å². The Kier molecular flexibility index (Phi) is 3.70. The maximum atomic E-state index is 11.0. The average Bonchev–Trinajstić information content (AvgIpc) is 2.78. The molecule has 1 aromatic heterocycles. The van der Waals surface area contributed by atoms with Crippen LogP contribution in [0, 0.1) is 20.8 Å². The molecule has 3 heteroatoms. The van der Waals surface area contributed by atoms with Gasteiger partial charge in [0.2, 0.25) is 0 Å². The number of rotatable bonds is 3. The Morgan fingerprint density at radius 3 is 2.32 bits per heavy atom. The third-order valence-electron chi connectivity index (χ3n) is 3.57. The zero-order valence-electron chi connectivity index (χ0n) is 12.1. The normalized spacial score (nSPS) is 14.2. The zero-order chi connectivity index (χ0) is 14.2. The first-order valence-electron chi connectivity index (χ1n) is 6.30. The summed E-state index contributed by atoms with van der Waals surface area (Å²) in [6.45, 7) is 7.90. The molecule has 0 fully saturated rings. The molecule has 0 aliphatic heterocycles. The highest BCUT2D eigenvalue weighted by Gasteiger charge is 2.30. The van der Waals surface area contributed by atoms with Crippen LogP contribution in [0.25, 0.3) is 0 Å². The van der Waals surface area contributed by atoms with Crippen LogP contribution in [0.4, 0.5) is 0 Å². The molecule has 2 nitrogen and oxygen atoms in total. The SMILES string of the molecule is COc1cc(C)c(C(C)(O)c2sccc2C)cc1C. The average molecular weight is 276 g/mol. The summed E-state index contributed by atoms with van der Waals surface area (Å²) in [7, 11) is 1.67. The number of methoxy groups -OCH3 is 1. The summed E-state index contributed by atoms with van der Waals surface area (Å²) in [6, 6.07) is 6.05. The first-order valence-corrected chi connectivity index (χ1v) is 7.18. The number of hydrogen-bond donors (Lipinski definition) is 1. The van der Waals surface area contributed by atoms with Crippen LogP contribution in [0.15, 0.2) is 23.6 Å². The van der Waals surface area contributed by atoms with Crippen LogP contribution in [0.2, 0.25) is 0 Å². The Balaban J connectivity index is 2.58. The van der Waals surface area contributed by atoms with E-state index in [1.807, 2.05) is 51.3 Å². The maximum Gasteiger partial charge on any atom is 0.122 e. The van der Waals surface area contributed by atoms with Gasteiger partial charge < -0.3 is 9.84 Å². The van der Waals surface area contributed by atoms with E-state index in [9.17, 15) is 5.11 Å². The van der Waals surface area contributed by atoms with Gasteiger partial charge in [0.05, 0.1) is 7.11 Å². The lowest BCUT2D eigenvalue weighted by Crippen LogP contribution is -2.23. The van der Waals surface area contributed by atoms with Crippen molar-refractivity contribution in [1.29, 1.82) is 0 Å². The molecule has 0 radical (unpaired) electrons. The topological polar surface area (TPSA) is 29.5 Å². The van der Waals surface area contributed by atoms with E-state index in [0.29, 0.717) is 0 Å². The molecule has 19 heavy (non-hydrogen) atoms. The Bertz CT molecular complexity index is 597. The Morgan fingerprint density at radius 2 is 1.79 bits per heavy atom. The molecule has 2 rings (SSSR count). The summed E-state index contributed by atoms with van der Waals surface area (Å²) in [6.07, 6.45) is 0. The van der Waals surface area contributed by atoms with Crippen molar-refractivity contribution >= 4 is 11.3 Å². The predicted octanol–water partition coefficient (Wildman–Crippen LogP) is 3.94. The second kappa shape index (κ2) is 4.99. The highest BCUT2D eigenvalue weighted by molar-refractivity contribution is 7.10. The van der Waals surface area contributed by atoms with E-state index in [2.05, 4.69) is 0 Å². The lowest BCUT2D eigenvalue weighted by Gasteiger charge is -2.26. The number of ether oxygens (including phenoxy) is 1. The lowest BCUT2D eigenvalue weighted by molar-refractivity contribution is 0.105. The van der Waals surface area contributed by atoms with Crippen molar-refractivity contribution in [2.24, 2.45) is 0 Å². The second-order valence-electron chi connectivity index (χ2n) is 5.14. The summed E-state index contributed by atoms with van der Waals surface area (Å²) in [5.74, 6) is 0.861. The first-order chi connectivity index (χ1) is 8.87. The fourth-order valence-electron chi connectivity index (χ4n) is 2.53. The van der Waals surface area contributed by atoms with E-state index in [1.54, 1.807) is 18.4 Å². The summed E-state index contributed by atoms with van der Waals surface area (Å²) in [5, 5.41) is 13.0. The fraction of sp³-hybridized carbons (Fsp3) is 0.375. The third-order valence-corrected chi connectivity index (χ3v) is 4.80. The molecule has 0 aliphatic carbocycles. The Labute approximate surface area is 118 Å². The van der Waals surface area contributed by atoms with Crippen LogP contribution < -0.4 is 4.74 Å². The molecule has 1 N–H and O–H groups in total. The second-order valence-corrected chi connectivity index (χ2v) is 6.06. The van der Waals surface area contributed by atoms with Gasteiger partial charge >= 0.3 is 0 Å². The van der Waals surface area contributed by atoms with Gasteiger partial charge in [0.1, 0.15) is 11.4 Å². The van der Waals surface area contributed by atoms with Gasteiger partial charge in [0, 0.05) is 4.88 Å². The van der Waals surface area contributed by atoms with Crippen molar-refractivity contribution in [3.8, 4) is 5.75 Å². The highest BCUT2D eigenvalue weighted by atomic mass is 32.1. The van der Waals surface area contributed by atoms with Gasteiger partial charge in [-0.05, 0) is 73.5 Å². The quantitative estimate of drug-likeness (QED) is 0.920. The molecular formula is C16H20O2S. The van der Waals surface area contributed by atoms with E-state index in [0.717, 1.165) is 32.9 Å². The Hall–Kier alpha value is -1.32. The number of thiophene rings is 1. The van der Waals surface area contributed by atoms with Crippen LogP contribution in [-0.4, -0.2) is 12.2 Å². The molecule has 102 valence electrons. The van der Waals surface area contributed by atoms with E-state index < -0.39 is 5.60 Å². The Morgan fingerprint density at radius 1 is 1.11 bits per heavy atom. The van der Waals surface area contributed by atoms with Crippen molar-refractivity contribution in [1.82, 2.24) is 0 Å². The van der Waals surface area contributed by atoms with Crippen molar-refractivity contribution in [2.75, 3.05) is 7.11 Å². The van der Waals surface area contributed by atoms with E-state index in [-0.39, 0.29) is 0 Å². The molecular weight excluding hydrogens is 256 g/mol. The van der Waals surface area contributed by atoms with Crippen LogP contribution in [0.3, 0.4) is 0 Å².